The van der Waals surface area contributed by atoms with Gasteiger partial charge in [-0.2, -0.15) is 0 Å². The Morgan fingerprint density at radius 3 is 1.79 bits per heavy atom. The lowest BCUT2D eigenvalue weighted by Crippen LogP contribution is -3.08. The fourth-order valence-electron chi connectivity index (χ4n) is 5.23. The molecule has 1 unspecified atom stereocenters. The second-order valence-corrected chi connectivity index (χ2v) is 11.0. The zero-order valence-corrected chi connectivity index (χ0v) is 24.3. The molecular weight excluding hydrogens is 474 g/mol. The normalized spacial score (nSPS) is 15.4. The van der Waals surface area contributed by atoms with Crippen molar-refractivity contribution in [3.63, 3.8) is 0 Å². The van der Waals surface area contributed by atoms with Crippen LogP contribution >= 0.6 is 0 Å². The summed E-state index contributed by atoms with van der Waals surface area (Å²) in [4.78, 5) is 10.0. The Labute approximate surface area is 238 Å². The van der Waals surface area contributed by atoms with Crippen LogP contribution in [0.2, 0.25) is 0 Å². The Hall–Kier alpha value is -2.78. The lowest BCUT2D eigenvalue weighted by Gasteiger charge is -2.18. The maximum Gasteiger partial charge on any atom is 0.104 e. The van der Waals surface area contributed by atoms with Gasteiger partial charge in [0.05, 0.1) is 12.7 Å². The molecule has 3 nitrogen and oxygen atoms in total. The highest BCUT2D eigenvalue weighted by molar-refractivity contribution is 5.17. The summed E-state index contributed by atoms with van der Waals surface area (Å²) in [5.74, 6) is 0. The molecule has 3 heterocycles. The predicted octanol–water partition coefficient (Wildman–Crippen LogP) is 8.17. The molecule has 2 aromatic heterocycles. The molecule has 0 fully saturated rings. The Kier molecular flexibility index (Phi) is 16.6. The summed E-state index contributed by atoms with van der Waals surface area (Å²) in [7, 11) is 0. The smallest absolute Gasteiger partial charge is 0.104 e. The van der Waals surface area contributed by atoms with Crippen LogP contribution in [0.3, 0.4) is 0 Å². The van der Waals surface area contributed by atoms with E-state index in [0.29, 0.717) is 0 Å². The van der Waals surface area contributed by atoms with Gasteiger partial charge in [-0.25, -0.2) is 0 Å². The van der Waals surface area contributed by atoms with Crippen LogP contribution < -0.4 is 4.90 Å². The van der Waals surface area contributed by atoms with Crippen molar-refractivity contribution in [2.75, 3.05) is 13.1 Å². The van der Waals surface area contributed by atoms with Crippen LogP contribution in [0.5, 0.6) is 0 Å². The fourth-order valence-corrected chi connectivity index (χ4v) is 5.23. The quantitative estimate of drug-likeness (QED) is 0.131. The number of aromatic nitrogens is 2. The van der Waals surface area contributed by atoms with Gasteiger partial charge in [-0.1, -0.05) is 68.2 Å². The number of pyridine rings is 2. The second-order valence-electron chi connectivity index (χ2n) is 11.0. The number of nitrogens with one attached hydrogen (secondary N) is 1. The third-order valence-electron chi connectivity index (χ3n) is 7.57. The number of aryl methyl sites for hydroxylation is 2. The first-order valence-corrected chi connectivity index (χ1v) is 15.7. The topological polar surface area (TPSA) is 30.2 Å². The molecule has 39 heavy (non-hydrogen) atoms. The van der Waals surface area contributed by atoms with Crippen molar-refractivity contribution in [3.05, 3.63) is 108 Å². The monoisotopic (exact) mass is 526 g/mol. The Balaban J connectivity index is 1.09. The van der Waals surface area contributed by atoms with Crippen LogP contribution in [-0.4, -0.2) is 23.1 Å². The molecule has 1 N–H and O–H groups in total. The Morgan fingerprint density at radius 2 is 1.21 bits per heavy atom. The lowest BCUT2D eigenvalue weighted by atomic mass is 10.1. The third-order valence-corrected chi connectivity index (χ3v) is 7.57. The number of rotatable bonds is 21. The minimum Gasteiger partial charge on any atom is -0.305 e. The van der Waals surface area contributed by atoms with Crippen molar-refractivity contribution < 1.29 is 4.90 Å². The average molecular weight is 527 g/mol. The summed E-state index contributed by atoms with van der Waals surface area (Å²) >= 11 is 0. The van der Waals surface area contributed by atoms with E-state index in [9.17, 15) is 0 Å². The molecule has 0 amide bonds. The van der Waals surface area contributed by atoms with E-state index in [1.54, 1.807) is 10.5 Å². The van der Waals surface area contributed by atoms with Crippen molar-refractivity contribution in [2.24, 2.45) is 0 Å². The molecule has 3 heteroatoms. The van der Waals surface area contributed by atoms with Gasteiger partial charge in [-0.15, -0.1) is 0 Å². The minimum absolute atomic E-state index is 1.11. The molecule has 0 bridgehead atoms. The van der Waals surface area contributed by atoms with Gasteiger partial charge in [0.2, 0.25) is 0 Å². The summed E-state index contributed by atoms with van der Waals surface area (Å²) in [5, 5.41) is 0. The second kappa shape index (κ2) is 21.1. The number of nitrogens with zero attached hydrogens (tertiary/aromatic N) is 2. The molecule has 1 aliphatic heterocycles. The standard InChI is InChI=1S/C36H51N3/c1(3-6-10-14-21-34-24-18-27-37-31-34)2-4-9-13-17-29-39-30-20-26-36(33-39)23-16-12-8-5-7-11-15-22-35-25-19-28-38-32-35/h2,4,12,16,18-20,24-28,30-32H,1,3,5-11,13-15,17,21-23,29,33H2/p+1. The van der Waals surface area contributed by atoms with Crippen LogP contribution in [-0.2, 0) is 12.8 Å². The van der Waals surface area contributed by atoms with Crippen LogP contribution in [0.4, 0.5) is 0 Å². The largest absolute Gasteiger partial charge is 0.305 e. The molecule has 3 rings (SSSR count). The SMILES string of the molecule is C1=C[NH+](CCCCC=CCCCCCCc2cccnc2)CC(CC=CCCCCCCc2cccnc2)=C1. The highest BCUT2D eigenvalue weighted by Gasteiger charge is 2.10. The third kappa shape index (κ3) is 15.4. The van der Waals surface area contributed by atoms with Gasteiger partial charge < -0.3 is 4.90 Å². The van der Waals surface area contributed by atoms with Crippen LogP contribution in [0, 0.1) is 0 Å². The number of hydrogen-bond donors (Lipinski definition) is 1. The van der Waals surface area contributed by atoms with E-state index in [1.807, 2.05) is 36.9 Å². The molecular formula is C36H52N3+. The number of unbranched alkanes of at least 4 members (excludes halogenated alkanes) is 10. The average Bonchev–Trinajstić information content (AvgIpc) is 2.98. The van der Waals surface area contributed by atoms with Crippen molar-refractivity contribution >= 4 is 0 Å². The van der Waals surface area contributed by atoms with E-state index in [2.05, 4.69) is 64.8 Å². The molecule has 0 aromatic carbocycles. The number of quaternary nitrogens is 1. The molecule has 0 spiro atoms. The molecule has 210 valence electrons. The van der Waals surface area contributed by atoms with E-state index in [1.165, 1.54) is 114 Å². The predicted molar refractivity (Wildman–Crippen MR) is 167 cm³/mol. The highest BCUT2D eigenvalue weighted by atomic mass is 15.1. The van der Waals surface area contributed by atoms with Gasteiger partial charge in [-0.3, -0.25) is 9.97 Å². The van der Waals surface area contributed by atoms with Gasteiger partial charge in [0.1, 0.15) is 6.54 Å². The first kappa shape index (κ1) is 30.8. The van der Waals surface area contributed by atoms with Crippen molar-refractivity contribution in [3.8, 4) is 0 Å². The lowest BCUT2D eigenvalue weighted by molar-refractivity contribution is -0.842. The molecule has 0 radical (unpaired) electrons. The van der Waals surface area contributed by atoms with Gasteiger partial charge in [0, 0.05) is 24.8 Å². The molecule has 1 atom stereocenters. The van der Waals surface area contributed by atoms with Crippen LogP contribution in [0.1, 0.15) is 101 Å². The van der Waals surface area contributed by atoms with E-state index in [-0.39, 0.29) is 0 Å². The fraction of sp³-hybridized carbons (Fsp3) is 0.500. The number of hydrogen-bond acceptors (Lipinski definition) is 2. The first-order chi connectivity index (χ1) is 19.4. The van der Waals surface area contributed by atoms with Crippen LogP contribution in [0.15, 0.2) is 97.3 Å². The summed E-state index contributed by atoms with van der Waals surface area (Å²) < 4.78 is 0. The molecule has 1 aliphatic rings. The van der Waals surface area contributed by atoms with Gasteiger partial charge in [-0.05, 0) is 112 Å². The van der Waals surface area contributed by atoms with Crippen molar-refractivity contribution in [2.45, 2.75) is 103 Å². The summed E-state index contributed by atoms with van der Waals surface area (Å²) in [6, 6.07) is 8.44. The maximum atomic E-state index is 4.20. The molecule has 0 saturated carbocycles. The molecule has 0 saturated heterocycles. The first-order valence-electron chi connectivity index (χ1n) is 15.7. The Bertz CT molecular complexity index is 975. The van der Waals surface area contributed by atoms with E-state index < -0.39 is 0 Å². The van der Waals surface area contributed by atoms with Gasteiger partial charge in [0.25, 0.3) is 0 Å². The maximum absolute atomic E-state index is 4.20. The minimum atomic E-state index is 1.11. The Morgan fingerprint density at radius 1 is 0.641 bits per heavy atom. The zero-order chi connectivity index (χ0) is 27.1. The van der Waals surface area contributed by atoms with Crippen molar-refractivity contribution in [1.29, 1.82) is 0 Å². The number of allylic oxidation sites excluding steroid dienone is 6. The van der Waals surface area contributed by atoms with Gasteiger partial charge >= 0.3 is 0 Å². The molecule has 0 aliphatic carbocycles. The zero-order valence-electron chi connectivity index (χ0n) is 24.3. The van der Waals surface area contributed by atoms with E-state index >= 15 is 0 Å². The highest BCUT2D eigenvalue weighted by Crippen LogP contribution is 2.11. The van der Waals surface area contributed by atoms with E-state index in [4.69, 9.17) is 0 Å². The van der Waals surface area contributed by atoms with E-state index in [0.717, 1.165) is 12.8 Å². The van der Waals surface area contributed by atoms with Gasteiger partial charge in [0.15, 0.2) is 0 Å². The summed E-state index contributed by atoms with van der Waals surface area (Å²) in [5.41, 5.74) is 4.31. The molecule has 2 aromatic rings. The van der Waals surface area contributed by atoms with Crippen molar-refractivity contribution in [1.82, 2.24) is 9.97 Å². The summed E-state index contributed by atoms with van der Waals surface area (Å²) in [6.07, 6.45) is 44.5. The van der Waals surface area contributed by atoms with Crippen LogP contribution in [0.25, 0.3) is 0 Å². The summed E-state index contributed by atoms with van der Waals surface area (Å²) in [6.45, 7) is 2.42.